The van der Waals surface area contributed by atoms with Gasteiger partial charge in [0.05, 0.1) is 18.5 Å². The number of carbonyl (C=O) groups excluding carboxylic acids is 1. The molecule has 144 valence electrons. The molecule has 2 N–H and O–H groups in total. The second-order valence-electron chi connectivity index (χ2n) is 7.26. The molecule has 1 aliphatic carbocycles. The highest BCUT2D eigenvalue weighted by atomic mass is 16.5. The summed E-state index contributed by atoms with van der Waals surface area (Å²) in [4.78, 5) is 20.9. The zero-order chi connectivity index (χ0) is 19.1. The van der Waals surface area contributed by atoms with E-state index in [4.69, 9.17) is 4.74 Å². The third kappa shape index (κ3) is 5.94. The van der Waals surface area contributed by atoms with E-state index in [1.165, 1.54) is 31.9 Å². The molecule has 0 bridgehead atoms. The minimum atomic E-state index is -0.142. The Labute approximate surface area is 160 Å². The van der Waals surface area contributed by atoms with Gasteiger partial charge < -0.3 is 15.4 Å². The molecule has 0 spiro atoms. The minimum absolute atomic E-state index is 0.142. The molecule has 6 nitrogen and oxygen atoms in total. The van der Waals surface area contributed by atoms with Gasteiger partial charge in [0.2, 0.25) is 0 Å². The highest BCUT2D eigenvalue weighted by Crippen LogP contribution is 2.20. The Morgan fingerprint density at radius 2 is 1.74 bits per heavy atom. The van der Waals surface area contributed by atoms with Gasteiger partial charge in [-0.2, -0.15) is 0 Å². The second kappa shape index (κ2) is 9.35. The maximum absolute atomic E-state index is 12.4. The molecule has 1 amide bonds. The van der Waals surface area contributed by atoms with Crippen molar-refractivity contribution in [1.29, 1.82) is 0 Å². The van der Waals surface area contributed by atoms with Crippen LogP contribution >= 0.6 is 0 Å². The molecule has 3 rings (SSSR count). The smallest absolute Gasteiger partial charge is 0.271 e. The molecule has 6 heteroatoms. The zero-order valence-electron chi connectivity index (χ0n) is 16.1. The summed E-state index contributed by atoms with van der Waals surface area (Å²) in [5, 5.41) is 6.27. The molecule has 0 radical (unpaired) electrons. The zero-order valence-corrected chi connectivity index (χ0v) is 16.1. The lowest BCUT2D eigenvalue weighted by Crippen LogP contribution is -2.34. The van der Waals surface area contributed by atoms with Gasteiger partial charge in [-0.25, -0.2) is 9.97 Å². The first kappa shape index (κ1) is 19.1. The van der Waals surface area contributed by atoms with Crippen molar-refractivity contribution in [1.82, 2.24) is 15.3 Å². The van der Waals surface area contributed by atoms with E-state index in [0.717, 1.165) is 24.3 Å². The van der Waals surface area contributed by atoms with E-state index >= 15 is 0 Å². The fourth-order valence-electron chi connectivity index (χ4n) is 3.23. The van der Waals surface area contributed by atoms with Crippen LogP contribution in [-0.4, -0.2) is 28.0 Å². The number of rotatable bonds is 6. The average molecular weight is 368 g/mol. The number of aromatic nitrogens is 2. The van der Waals surface area contributed by atoms with E-state index in [1.54, 1.807) is 6.20 Å². The number of hydrogen-bond donors (Lipinski definition) is 2. The molecule has 1 saturated carbocycles. The highest BCUT2D eigenvalue weighted by Gasteiger charge is 2.16. The van der Waals surface area contributed by atoms with Crippen LogP contribution in [-0.2, 0) is 0 Å². The maximum Gasteiger partial charge on any atom is 0.271 e. The van der Waals surface area contributed by atoms with E-state index in [-0.39, 0.29) is 18.1 Å². The van der Waals surface area contributed by atoms with E-state index < -0.39 is 0 Å². The summed E-state index contributed by atoms with van der Waals surface area (Å²) in [6, 6.07) is 7.92. The fraction of sp³-hybridized carbons (Fsp3) is 0.476. The highest BCUT2D eigenvalue weighted by molar-refractivity contribution is 5.92. The van der Waals surface area contributed by atoms with Crippen LogP contribution < -0.4 is 15.4 Å². The summed E-state index contributed by atoms with van der Waals surface area (Å²) >= 11 is 0. The molecule has 1 heterocycles. The van der Waals surface area contributed by atoms with Gasteiger partial charge in [0.25, 0.3) is 5.91 Å². The van der Waals surface area contributed by atoms with Crippen molar-refractivity contribution in [3.8, 4) is 5.75 Å². The van der Waals surface area contributed by atoms with Crippen LogP contribution in [0.15, 0.2) is 36.7 Å². The number of benzene rings is 1. The average Bonchev–Trinajstić information content (AvgIpc) is 2.92. The van der Waals surface area contributed by atoms with Crippen molar-refractivity contribution in [3.63, 3.8) is 0 Å². The van der Waals surface area contributed by atoms with Crippen LogP contribution in [0.25, 0.3) is 0 Å². The number of anilines is 2. The van der Waals surface area contributed by atoms with Crippen LogP contribution in [0.5, 0.6) is 5.75 Å². The first-order valence-electron chi connectivity index (χ1n) is 9.77. The molecule has 1 aromatic heterocycles. The Bertz CT molecular complexity index is 721. The van der Waals surface area contributed by atoms with E-state index in [9.17, 15) is 4.79 Å². The van der Waals surface area contributed by atoms with E-state index in [2.05, 4.69) is 20.6 Å². The van der Waals surface area contributed by atoms with Gasteiger partial charge in [-0.15, -0.1) is 0 Å². The van der Waals surface area contributed by atoms with Crippen molar-refractivity contribution < 1.29 is 9.53 Å². The second-order valence-corrected chi connectivity index (χ2v) is 7.26. The number of nitrogens with zero attached hydrogens (tertiary/aromatic N) is 2. The molecule has 1 aliphatic rings. The molecule has 27 heavy (non-hydrogen) atoms. The van der Waals surface area contributed by atoms with Gasteiger partial charge in [-0.1, -0.05) is 25.7 Å². The van der Waals surface area contributed by atoms with E-state index in [0.29, 0.717) is 11.5 Å². The summed E-state index contributed by atoms with van der Waals surface area (Å²) in [6.07, 6.45) is 10.2. The Morgan fingerprint density at radius 1 is 1.04 bits per heavy atom. The number of ether oxygens (including phenoxy) is 1. The van der Waals surface area contributed by atoms with Crippen LogP contribution in [0.4, 0.5) is 11.5 Å². The first-order chi connectivity index (χ1) is 13.1. The van der Waals surface area contributed by atoms with Crippen molar-refractivity contribution in [2.45, 2.75) is 64.5 Å². The van der Waals surface area contributed by atoms with Crippen molar-refractivity contribution in [3.05, 3.63) is 42.4 Å². The summed E-state index contributed by atoms with van der Waals surface area (Å²) in [6.45, 7) is 3.99. The largest absolute Gasteiger partial charge is 0.491 e. The molecular weight excluding hydrogens is 340 g/mol. The normalized spacial score (nSPS) is 15.2. The number of carbonyl (C=O) groups is 1. The molecule has 0 atom stereocenters. The topological polar surface area (TPSA) is 76.1 Å². The number of amides is 1. The summed E-state index contributed by atoms with van der Waals surface area (Å²) < 4.78 is 5.63. The van der Waals surface area contributed by atoms with Gasteiger partial charge in [-0.3, -0.25) is 4.79 Å². The third-order valence-electron chi connectivity index (χ3n) is 4.57. The quantitative estimate of drug-likeness (QED) is 0.736. The van der Waals surface area contributed by atoms with Crippen molar-refractivity contribution in [2.75, 3.05) is 5.32 Å². The van der Waals surface area contributed by atoms with Crippen LogP contribution in [0.1, 0.15) is 62.9 Å². The maximum atomic E-state index is 12.4. The van der Waals surface area contributed by atoms with Crippen LogP contribution in [0.3, 0.4) is 0 Å². The molecule has 2 aromatic rings. The summed E-state index contributed by atoms with van der Waals surface area (Å²) in [5.74, 6) is 1.28. The predicted molar refractivity (Wildman–Crippen MR) is 106 cm³/mol. The Hall–Kier alpha value is -2.63. The standard InChI is InChI=1S/C21H28N4O2/c1-15(2)27-18-11-9-17(10-12-18)24-20-14-22-19(13-23-20)21(26)25-16-7-5-3-4-6-8-16/h9-16H,3-8H2,1-2H3,(H,23,24)(H,25,26). The Balaban J connectivity index is 1.55. The van der Waals surface area contributed by atoms with Gasteiger partial charge >= 0.3 is 0 Å². The third-order valence-corrected chi connectivity index (χ3v) is 4.57. The Kier molecular flexibility index (Phi) is 6.63. The Morgan fingerprint density at radius 3 is 2.33 bits per heavy atom. The number of hydrogen-bond acceptors (Lipinski definition) is 5. The molecular formula is C21H28N4O2. The molecule has 1 fully saturated rings. The fourth-order valence-corrected chi connectivity index (χ4v) is 3.23. The van der Waals surface area contributed by atoms with E-state index in [1.807, 2.05) is 38.1 Å². The lowest BCUT2D eigenvalue weighted by molar-refractivity contribution is 0.0928. The minimum Gasteiger partial charge on any atom is -0.491 e. The monoisotopic (exact) mass is 368 g/mol. The summed E-state index contributed by atoms with van der Waals surface area (Å²) in [5.41, 5.74) is 1.24. The lowest BCUT2D eigenvalue weighted by Gasteiger charge is -2.15. The molecule has 0 aliphatic heterocycles. The van der Waals surface area contributed by atoms with Crippen LogP contribution in [0, 0.1) is 0 Å². The number of nitrogens with one attached hydrogen (secondary N) is 2. The van der Waals surface area contributed by atoms with Gasteiger partial charge in [0.1, 0.15) is 17.3 Å². The van der Waals surface area contributed by atoms with Crippen molar-refractivity contribution >= 4 is 17.4 Å². The van der Waals surface area contributed by atoms with Crippen LogP contribution in [0.2, 0.25) is 0 Å². The van der Waals surface area contributed by atoms with Crippen molar-refractivity contribution in [2.24, 2.45) is 0 Å². The molecule has 1 aromatic carbocycles. The van der Waals surface area contributed by atoms with Gasteiger partial charge in [-0.05, 0) is 51.0 Å². The molecule has 0 saturated heterocycles. The lowest BCUT2D eigenvalue weighted by atomic mass is 10.1. The SMILES string of the molecule is CC(C)Oc1ccc(Nc2cnc(C(=O)NC3CCCCCC3)cn2)cc1. The van der Waals surface area contributed by atoms with Gasteiger partial charge in [0.15, 0.2) is 0 Å². The predicted octanol–water partition coefficient (Wildman–Crippen LogP) is 4.46. The first-order valence-corrected chi connectivity index (χ1v) is 9.77. The summed E-state index contributed by atoms with van der Waals surface area (Å²) in [7, 11) is 0. The molecule has 0 unspecified atom stereocenters. The van der Waals surface area contributed by atoms with Gasteiger partial charge in [0, 0.05) is 11.7 Å².